The summed E-state index contributed by atoms with van der Waals surface area (Å²) >= 11 is 0. The fraction of sp³-hybridized carbons (Fsp3) is 0.625. The van der Waals surface area contributed by atoms with E-state index in [2.05, 4.69) is 10.1 Å². The topological polar surface area (TPSA) is 85.5 Å². The third-order valence-electron chi connectivity index (χ3n) is 1.62. The molecule has 0 aromatic carbocycles. The molecule has 0 aliphatic rings. The predicted octanol–water partition coefficient (Wildman–Crippen LogP) is 0.622. The summed E-state index contributed by atoms with van der Waals surface area (Å²) in [6.45, 7) is 3.39. The fourth-order valence-corrected chi connectivity index (χ4v) is 0.763. The van der Waals surface area contributed by atoms with Crippen LogP contribution >= 0.6 is 0 Å². The Bertz CT molecular complexity index is 310. The number of carboxylic acids is 1. The van der Waals surface area contributed by atoms with Crippen molar-refractivity contribution in [3.05, 3.63) is 11.7 Å². The van der Waals surface area contributed by atoms with Crippen LogP contribution in [0.3, 0.4) is 0 Å². The van der Waals surface area contributed by atoms with Crippen molar-refractivity contribution in [3.63, 3.8) is 0 Å². The van der Waals surface area contributed by atoms with E-state index in [0.717, 1.165) is 0 Å². The minimum atomic E-state index is -1.01. The zero-order valence-electron chi connectivity index (χ0n) is 8.06. The molecule has 1 N–H and O–H groups in total. The molecule has 1 atom stereocenters. The average molecular weight is 200 g/mol. The number of aromatic nitrogens is 2. The van der Waals surface area contributed by atoms with E-state index in [4.69, 9.17) is 14.4 Å². The molecular weight excluding hydrogens is 188 g/mol. The monoisotopic (exact) mass is 200 g/mol. The van der Waals surface area contributed by atoms with Gasteiger partial charge in [0.05, 0.1) is 0 Å². The number of nitrogens with zero attached hydrogens (tertiary/aromatic N) is 2. The van der Waals surface area contributed by atoms with Crippen molar-refractivity contribution in [2.24, 2.45) is 0 Å². The lowest BCUT2D eigenvalue weighted by Crippen LogP contribution is -2.19. The second-order valence-electron chi connectivity index (χ2n) is 2.75. The number of hydrogen-bond acceptors (Lipinski definition) is 5. The van der Waals surface area contributed by atoms with Crippen molar-refractivity contribution in [2.75, 3.05) is 0 Å². The highest BCUT2D eigenvalue weighted by atomic mass is 16.5. The third-order valence-corrected chi connectivity index (χ3v) is 1.62. The molecule has 0 unspecified atom stereocenters. The summed E-state index contributed by atoms with van der Waals surface area (Å²) in [5.74, 6) is -0.120. The molecule has 6 heteroatoms. The summed E-state index contributed by atoms with van der Waals surface area (Å²) in [5, 5.41) is 12.1. The SMILES string of the molecule is CCc1nc(CO[C@H](C)C(=O)O)no1. The van der Waals surface area contributed by atoms with Crippen molar-refractivity contribution < 1.29 is 19.2 Å². The first-order chi connectivity index (χ1) is 6.63. The minimum Gasteiger partial charge on any atom is -0.479 e. The molecule has 0 saturated heterocycles. The van der Waals surface area contributed by atoms with Crippen molar-refractivity contribution in [1.29, 1.82) is 0 Å². The highest BCUT2D eigenvalue weighted by Gasteiger charge is 2.13. The van der Waals surface area contributed by atoms with E-state index in [1.807, 2.05) is 6.92 Å². The lowest BCUT2D eigenvalue weighted by atomic mass is 10.4. The second-order valence-corrected chi connectivity index (χ2v) is 2.75. The lowest BCUT2D eigenvalue weighted by molar-refractivity contribution is -0.150. The van der Waals surface area contributed by atoms with E-state index >= 15 is 0 Å². The summed E-state index contributed by atoms with van der Waals surface area (Å²) in [7, 11) is 0. The van der Waals surface area contributed by atoms with Crippen molar-refractivity contribution in [1.82, 2.24) is 10.1 Å². The molecule has 0 aliphatic heterocycles. The van der Waals surface area contributed by atoms with Crippen LogP contribution in [0.5, 0.6) is 0 Å². The number of hydrogen-bond donors (Lipinski definition) is 1. The zero-order chi connectivity index (χ0) is 10.6. The molecule has 0 bridgehead atoms. The van der Waals surface area contributed by atoms with Gasteiger partial charge in [0.15, 0.2) is 11.9 Å². The van der Waals surface area contributed by atoms with Crippen LogP contribution in [-0.4, -0.2) is 27.3 Å². The smallest absolute Gasteiger partial charge is 0.332 e. The predicted molar refractivity (Wildman–Crippen MR) is 45.6 cm³/mol. The number of aliphatic carboxylic acids is 1. The Morgan fingerprint density at radius 2 is 2.43 bits per heavy atom. The van der Waals surface area contributed by atoms with Gasteiger partial charge in [-0.1, -0.05) is 12.1 Å². The summed E-state index contributed by atoms with van der Waals surface area (Å²) in [6, 6.07) is 0. The molecule has 0 amide bonds. The summed E-state index contributed by atoms with van der Waals surface area (Å²) < 4.78 is 9.78. The summed E-state index contributed by atoms with van der Waals surface area (Å²) in [5.41, 5.74) is 0. The molecule has 0 aliphatic carbocycles. The number of carboxylic acid groups (broad SMARTS) is 1. The van der Waals surface area contributed by atoms with Crippen molar-refractivity contribution in [3.8, 4) is 0 Å². The van der Waals surface area contributed by atoms with E-state index in [9.17, 15) is 4.79 Å². The molecule has 1 heterocycles. The Morgan fingerprint density at radius 3 is 2.93 bits per heavy atom. The van der Waals surface area contributed by atoms with Gasteiger partial charge in [0.2, 0.25) is 5.89 Å². The van der Waals surface area contributed by atoms with Gasteiger partial charge < -0.3 is 14.4 Å². The highest BCUT2D eigenvalue weighted by molar-refractivity contribution is 5.71. The van der Waals surface area contributed by atoms with E-state index in [-0.39, 0.29) is 6.61 Å². The first-order valence-electron chi connectivity index (χ1n) is 4.29. The molecule has 6 nitrogen and oxygen atoms in total. The Labute approximate surface area is 80.9 Å². The zero-order valence-corrected chi connectivity index (χ0v) is 8.06. The largest absolute Gasteiger partial charge is 0.479 e. The number of ether oxygens (including phenoxy) is 1. The Morgan fingerprint density at radius 1 is 1.71 bits per heavy atom. The molecular formula is C8H12N2O4. The van der Waals surface area contributed by atoms with Crippen molar-refractivity contribution in [2.45, 2.75) is 33.0 Å². The number of aryl methyl sites for hydroxylation is 1. The van der Waals surface area contributed by atoms with Crippen LogP contribution in [0.15, 0.2) is 4.52 Å². The maximum Gasteiger partial charge on any atom is 0.332 e. The van der Waals surface area contributed by atoms with Crippen LogP contribution < -0.4 is 0 Å². The van der Waals surface area contributed by atoms with E-state index in [0.29, 0.717) is 18.1 Å². The molecule has 78 valence electrons. The van der Waals surface area contributed by atoms with Crippen LogP contribution in [0.25, 0.3) is 0 Å². The van der Waals surface area contributed by atoms with Crippen LogP contribution in [-0.2, 0) is 22.6 Å². The van der Waals surface area contributed by atoms with E-state index in [1.54, 1.807) is 0 Å². The van der Waals surface area contributed by atoms with Gasteiger partial charge in [0.1, 0.15) is 6.61 Å². The summed E-state index contributed by atoms with van der Waals surface area (Å²) in [4.78, 5) is 14.4. The second kappa shape index (κ2) is 4.71. The molecule has 1 aromatic rings. The molecule has 14 heavy (non-hydrogen) atoms. The maximum atomic E-state index is 10.4. The molecule has 0 fully saturated rings. The van der Waals surface area contributed by atoms with Gasteiger partial charge in [-0.25, -0.2) is 4.79 Å². The standard InChI is InChI=1S/C8H12N2O4/c1-3-7-9-6(10-14-7)4-13-5(2)8(11)12/h5H,3-4H2,1-2H3,(H,11,12)/t5-/m1/s1. The van der Waals surface area contributed by atoms with Gasteiger partial charge in [-0.3, -0.25) is 0 Å². The maximum absolute atomic E-state index is 10.4. The van der Waals surface area contributed by atoms with Gasteiger partial charge in [-0.15, -0.1) is 0 Å². The minimum absolute atomic E-state index is 0.0525. The van der Waals surface area contributed by atoms with Gasteiger partial charge in [-0.2, -0.15) is 4.98 Å². The number of carbonyl (C=O) groups is 1. The van der Waals surface area contributed by atoms with Gasteiger partial charge in [0, 0.05) is 6.42 Å². The Kier molecular flexibility index (Phi) is 3.58. The first kappa shape index (κ1) is 10.6. The van der Waals surface area contributed by atoms with E-state index < -0.39 is 12.1 Å². The van der Waals surface area contributed by atoms with Gasteiger partial charge in [0.25, 0.3) is 0 Å². The molecule has 0 saturated carbocycles. The van der Waals surface area contributed by atoms with Gasteiger partial charge in [-0.05, 0) is 6.92 Å². The first-order valence-corrected chi connectivity index (χ1v) is 4.29. The number of rotatable bonds is 5. The quantitative estimate of drug-likeness (QED) is 0.749. The average Bonchev–Trinajstić information content (AvgIpc) is 2.61. The Balaban J connectivity index is 2.41. The fourth-order valence-electron chi connectivity index (χ4n) is 0.763. The van der Waals surface area contributed by atoms with Crippen LogP contribution in [0.4, 0.5) is 0 Å². The normalized spacial score (nSPS) is 12.7. The summed E-state index contributed by atoms with van der Waals surface area (Å²) in [6.07, 6.45) is -0.208. The third kappa shape index (κ3) is 2.81. The van der Waals surface area contributed by atoms with Crippen LogP contribution in [0, 0.1) is 0 Å². The highest BCUT2D eigenvalue weighted by Crippen LogP contribution is 2.01. The van der Waals surface area contributed by atoms with E-state index in [1.165, 1.54) is 6.92 Å². The van der Waals surface area contributed by atoms with Crippen LogP contribution in [0.1, 0.15) is 25.6 Å². The molecule has 0 radical (unpaired) electrons. The van der Waals surface area contributed by atoms with Crippen LogP contribution in [0.2, 0.25) is 0 Å². The van der Waals surface area contributed by atoms with Gasteiger partial charge >= 0.3 is 5.97 Å². The lowest BCUT2D eigenvalue weighted by Gasteiger charge is -2.04. The molecule has 1 aromatic heterocycles. The Hall–Kier alpha value is -1.43. The molecule has 0 spiro atoms. The van der Waals surface area contributed by atoms with Crippen molar-refractivity contribution >= 4 is 5.97 Å². The molecule has 1 rings (SSSR count).